The molecule has 0 fully saturated rings. The molecule has 7 nitrogen and oxygen atoms in total. The summed E-state index contributed by atoms with van der Waals surface area (Å²) in [5, 5.41) is 5.94. The van der Waals surface area contributed by atoms with Crippen LogP contribution in [0.5, 0.6) is 11.5 Å². The molecule has 0 bridgehead atoms. The Labute approximate surface area is 168 Å². The number of nitrogens with one attached hydrogen (secondary N) is 2. The lowest BCUT2D eigenvalue weighted by atomic mass is 10.1. The van der Waals surface area contributed by atoms with Gasteiger partial charge in [-0.2, -0.15) is 0 Å². The number of aromatic nitrogens is 1. The maximum Gasteiger partial charge on any atom is 0.264 e. The van der Waals surface area contributed by atoms with Crippen LogP contribution in [0.15, 0.2) is 60.8 Å². The summed E-state index contributed by atoms with van der Waals surface area (Å²) in [6, 6.07) is 15.8. The Morgan fingerprint density at radius 3 is 2.00 bits per heavy atom. The Hall–Kier alpha value is -3.87. The molecule has 0 spiro atoms. The van der Waals surface area contributed by atoms with E-state index in [0.717, 1.165) is 11.4 Å². The predicted molar refractivity (Wildman–Crippen MR) is 111 cm³/mol. The number of ketones is 1. The first-order valence-electron chi connectivity index (χ1n) is 8.88. The van der Waals surface area contributed by atoms with Crippen molar-refractivity contribution in [1.29, 1.82) is 0 Å². The number of hydrogen-bond acceptors (Lipinski definition) is 6. The first kappa shape index (κ1) is 19.9. The molecule has 0 unspecified atom stereocenters. The van der Waals surface area contributed by atoms with Crippen LogP contribution in [-0.2, 0) is 0 Å². The Kier molecular flexibility index (Phi) is 6.09. The molecule has 0 aliphatic rings. The molecule has 0 aliphatic carbocycles. The van der Waals surface area contributed by atoms with Crippen molar-refractivity contribution in [2.75, 3.05) is 24.9 Å². The standard InChI is InChI=1S/C22H21N3O4/c1-14(26)15-7-9-16(10-8-15)24-17-11-12-20(23-13-17)25-22(27)21-18(28-2)5-4-6-19(21)29-3/h4-13,24H,1-3H3,(H,23,25,27). The molecule has 0 saturated carbocycles. The third kappa shape index (κ3) is 4.70. The van der Waals surface area contributed by atoms with Gasteiger partial charge in [0.1, 0.15) is 22.9 Å². The van der Waals surface area contributed by atoms with E-state index < -0.39 is 0 Å². The third-order valence-corrected chi connectivity index (χ3v) is 4.24. The van der Waals surface area contributed by atoms with E-state index in [9.17, 15) is 9.59 Å². The smallest absolute Gasteiger partial charge is 0.264 e. The van der Waals surface area contributed by atoms with Crippen LogP contribution in [0.4, 0.5) is 17.2 Å². The summed E-state index contributed by atoms with van der Waals surface area (Å²) in [6.07, 6.45) is 1.61. The van der Waals surface area contributed by atoms with Crippen molar-refractivity contribution >= 4 is 28.9 Å². The molecular formula is C22H21N3O4. The van der Waals surface area contributed by atoms with Crippen LogP contribution in [0.2, 0.25) is 0 Å². The summed E-state index contributed by atoms with van der Waals surface area (Å²) in [5.41, 5.74) is 2.52. The molecule has 29 heavy (non-hydrogen) atoms. The molecule has 2 aromatic carbocycles. The molecule has 1 aromatic heterocycles. The monoisotopic (exact) mass is 391 g/mol. The first-order chi connectivity index (χ1) is 14.0. The molecule has 0 aliphatic heterocycles. The number of carbonyl (C=O) groups excluding carboxylic acids is 2. The van der Waals surface area contributed by atoms with E-state index in [-0.39, 0.29) is 11.7 Å². The highest BCUT2D eigenvalue weighted by Gasteiger charge is 2.18. The van der Waals surface area contributed by atoms with Gasteiger partial charge >= 0.3 is 0 Å². The SMILES string of the molecule is COc1cccc(OC)c1C(=O)Nc1ccc(Nc2ccc(C(C)=O)cc2)cn1. The number of anilines is 3. The molecule has 0 radical (unpaired) electrons. The van der Waals surface area contributed by atoms with Gasteiger partial charge in [0.25, 0.3) is 5.91 Å². The van der Waals surface area contributed by atoms with Crippen LogP contribution >= 0.6 is 0 Å². The van der Waals surface area contributed by atoms with E-state index in [4.69, 9.17) is 9.47 Å². The van der Waals surface area contributed by atoms with Crippen molar-refractivity contribution in [2.24, 2.45) is 0 Å². The fourth-order valence-corrected chi connectivity index (χ4v) is 2.75. The third-order valence-electron chi connectivity index (χ3n) is 4.24. The van der Waals surface area contributed by atoms with Crippen molar-refractivity contribution < 1.29 is 19.1 Å². The molecule has 3 rings (SSSR count). The number of rotatable bonds is 7. The molecule has 0 saturated heterocycles. The van der Waals surface area contributed by atoms with Gasteiger partial charge in [0.15, 0.2) is 5.78 Å². The van der Waals surface area contributed by atoms with Crippen LogP contribution in [0.3, 0.4) is 0 Å². The Balaban J connectivity index is 1.71. The molecular weight excluding hydrogens is 370 g/mol. The second-order valence-electron chi connectivity index (χ2n) is 6.18. The fraction of sp³-hybridized carbons (Fsp3) is 0.136. The number of pyridine rings is 1. The zero-order chi connectivity index (χ0) is 20.8. The summed E-state index contributed by atoms with van der Waals surface area (Å²) in [6.45, 7) is 1.53. The zero-order valence-corrected chi connectivity index (χ0v) is 16.4. The second kappa shape index (κ2) is 8.88. The maximum atomic E-state index is 12.7. The van der Waals surface area contributed by atoms with E-state index in [1.165, 1.54) is 21.1 Å². The minimum atomic E-state index is -0.382. The van der Waals surface area contributed by atoms with Gasteiger partial charge in [0.05, 0.1) is 26.1 Å². The van der Waals surface area contributed by atoms with Gasteiger partial charge in [-0.1, -0.05) is 6.07 Å². The van der Waals surface area contributed by atoms with Crippen LogP contribution < -0.4 is 20.1 Å². The van der Waals surface area contributed by atoms with Crippen molar-refractivity contribution in [1.82, 2.24) is 4.98 Å². The van der Waals surface area contributed by atoms with Crippen LogP contribution in [0, 0.1) is 0 Å². The molecule has 0 atom stereocenters. The number of methoxy groups -OCH3 is 2. The van der Waals surface area contributed by atoms with Gasteiger partial charge in [-0.25, -0.2) is 4.98 Å². The predicted octanol–water partition coefficient (Wildman–Crippen LogP) is 4.30. The van der Waals surface area contributed by atoms with Gasteiger partial charge in [-0.3, -0.25) is 9.59 Å². The maximum absolute atomic E-state index is 12.7. The Morgan fingerprint density at radius 1 is 0.862 bits per heavy atom. The number of benzene rings is 2. The summed E-state index contributed by atoms with van der Waals surface area (Å²) in [4.78, 5) is 28.3. The summed E-state index contributed by atoms with van der Waals surface area (Å²) < 4.78 is 10.5. The highest BCUT2D eigenvalue weighted by Crippen LogP contribution is 2.29. The largest absolute Gasteiger partial charge is 0.496 e. The number of carbonyl (C=O) groups is 2. The molecule has 1 heterocycles. The number of Topliss-reactive ketones (excluding diaryl/α,β-unsaturated/α-hetero) is 1. The van der Waals surface area contributed by atoms with Crippen LogP contribution in [-0.4, -0.2) is 30.9 Å². The van der Waals surface area contributed by atoms with Crippen LogP contribution in [0.25, 0.3) is 0 Å². The molecule has 1 amide bonds. The average Bonchev–Trinajstić information content (AvgIpc) is 2.74. The average molecular weight is 391 g/mol. The van der Waals surface area contributed by atoms with Crippen molar-refractivity contribution in [3.05, 3.63) is 71.9 Å². The minimum absolute atomic E-state index is 0.0185. The van der Waals surface area contributed by atoms with Gasteiger partial charge in [-0.15, -0.1) is 0 Å². The quantitative estimate of drug-likeness (QED) is 0.584. The fourth-order valence-electron chi connectivity index (χ4n) is 2.75. The normalized spacial score (nSPS) is 10.2. The lowest BCUT2D eigenvalue weighted by molar-refractivity contribution is 0.101. The summed E-state index contributed by atoms with van der Waals surface area (Å²) >= 11 is 0. The van der Waals surface area contributed by atoms with Gasteiger partial charge < -0.3 is 20.1 Å². The van der Waals surface area contributed by atoms with Crippen LogP contribution in [0.1, 0.15) is 27.6 Å². The Bertz CT molecular complexity index is 993. The first-order valence-corrected chi connectivity index (χ1v) is 8.88. The molecule has 7 heteroatoms. The lowest BCUT2D eigenvalue weighted by Gasteiger charge is -2.13. The van der Waals surface area contributed by atoms with E-state index in [0.29, 0.717) is 28.4 Å². The lowest BCUT2D eigenvalue weighted by Crippen LogP contribution is -2.15. The van der Waals surface area contributed by atoms with E-state index in [2.05, 4.69) is 15.6 Å². The van der Waals surface area contributed by atoms with E-state index in [1.807, 2.05) is 12.1 Å². The van der Waals surface area contributed by atoms with Crippen molar-refractivity contribution in [3.63, 3.8) is 0 Å². The topological polar surface area (TPSA) is 89.5 Å². The summed E-state index contributed by atoms with van der Waals surface area (Å²) in [5.74, 6) is 0.848. The highest BCUT2D eigenvalue weighted by atomic mass is 16.5. The Morgan fingerprint density at radius 2 is 1.48 bits per heavy atom. The van der Waals surface area contributed by atoms with E-state index in [1.54, 1.807) is 48.7 Å². The van der Waals surface area contributed by atoms with Gasteiger partial charge in [0, 0.05) is 11.3 Å². The number of ether oxygens (including phenoxy) is 2. The van der Waals surface area contributed by atoms with Crippen molar-refractivity contribution in [2.45, 2.75) is 6.92 Å². The second-order valence-corrected chi connectivity index (χ2v) is 6.18. The van der Waals surface area contributed by atoms with Crippen molar-refractivity contribution in [3.8, 4) is 11.5 Å². The van der Waals surface area contributed by atoms with Gasteiger partial charge in [-0.05, 0) is 55.5 Å². The zero-order valence-electron chi connectivity index (χ0n) is 16.4. The van der Waals surface area contributed by atoms with E-state index >= 15 is 0 Å². The number of amides is 1. The molecule has 2 N–H and O–H groups in total. The molecule has 3 aromatic rings. The number of nitrogens with zero attached hydrogens (tertiary/aromatic N) is 1. The van der Waals surface area contributed by atoms with Gasteiger partial charge in [0.2, 0.25) is 0 Å². The highest BCUT2D eigenvalue weighted by molar-refractivity contribution is 6.07. The number of hydrogen-bond donors (Lipinski definition) is 2. The summed E-state index contributed by atoms with van der Waals surface area (Å²) in [7, 11) is 2.99. The molecule has 148 valence electrons. The minimum Gasteiger partial charge on any atom is -0.496 e.